The molecule has 0 radical (unpaired) electrons. The van der Waals surface area contributed by atoms with Gasteiger partial charge in [0.1, 0.15) is 0 Å². The molecule has 2 N–H and O–H groups in total. The molecule has 0 saturated carbocycles. The van der Waals surface area contributed by atoms with Crippen molar-refractivity contribution in [1.29, 1.82) is 0 Å². The van der Waals surface area contributed by atoms with Gasteiger partial charge in [-0.1, -0.05) is 0 Å². The van der Waals surface area contributed by atoms with Crippen molar-refractivity contribution in [3.8, 4) is 0 Å². The van der Waals surface area contributed by atoms with Crippen molar-refractivity contribution >= 4 is 0 Å². The lowest BCUT2D eigenvalue weighted by Gasteiger charge is -2.38. The van der Waals surface area contributed by atoms with Gasteiger partial charge in [-0.05, 0) is 26.3 Å². The first kappa shape index (κ1) is 8.48. The standard InChI is InChI=1S/C9H19N3/c1-8-7-10-5-6-12(8)9-3-2-4-11-9/h8-11H,2-7H2,1H3. The highest BCUT2D eigenvalue weighted by atomic mass is 15.3. The van der Waals surface area contributed by atoms with Crippen molar-refractivity contribution in [1.82, 2.24) is 15.5 Å². The van der Waals surface area contributed by atoms with Crippen molar-refractivity contribution < 1.29 is 0 Å². The van der Waals surface area contributed by atoms with E-state index in [4.69, 9.17) is 0 Å². The number of rotatable bonds is 1. The minimum atomic E-state index is 0.669. The quantitative estimate of drug-likeness (QED) is 0.578. The number of nitrogens with one attached hydrogen (secondary N) is 2. The molecule has 0 amide bonds. The van der Waals surface area contributed by atoms with Crippen LogP contribution < -0.4 is 10.6 Å². The molecule has 2 heterocycles. The van der Waals surface area contributed by atoms with E-state index in [9.17, 15) is 0 Å². The fraction of sp³-hybridized carbons (Fsp3) is 1.00. The first-order chi connectivity index (χ1) is 5.88. The molecule has 0 aromatic carbocycles. The smallest absolute Gasteiger partial charge is 0.0600 e. The van der Waals surface area contributed by atoms with Gasteiger partial charge in [0, 0.05) is 25.7 Å². The zero-order chi connectivity index (χ0) is 8.39. The van der Waals surface area contributed by atoms with E-state index >= 15 is 0 Å². The maximum absolute atomic E-state index is 3.55. The molecular weight excluding hydrogens is 150 g/mol. The molecule has 3 heteroatoms. The van der Waals surface area contributed by atoms with Crippen molar-refractivity contribution in [2.24, 2.45) is 0 Å². The zero-order valence-corrected chi connectivity index (χ0v) is 7.84. The molecule has 0 aliphatic carbocycles. The van der Waals surface area contributed by atoms with Gasteiger partial charge in [-0.25, -0.2) is 0 Å². The highest BCUT2D eigenvalue weighted by Crippen LogP contribution is 2.14. The minimum absolute atomic E-state index is 0.669. The fourth-order valence-corrected chi connectivity index (χ4v) is 2.27. The van der Waals surface area contributed by atoms with E-state index in [1.54, 1.807) is 0 Å². The summed E-state index contributed by atoms with van der Waals surface area (Å²) < 4.78 is 0. The van der Waals surface area contributed by atoms with Crippen LogP contribution in [0.2, 0.25) is 0 Å². The van der Waals surface area contributed by atoms with E-state index in [1.165, 1.54) is 25.9 Å². The third-order valence-corrected chi connectivity index (χ3v) is 2.99. The highest BCUT2D eigenvalue weighted by Gasteiger charge is 2.27. The van der Waals surface area contributed by atoms with E-state index in [-0.39, 0.29) is 0 Å². The van der Waals surface area contributed by atoms with Gasteiger partial charge in [-0.3, -0.25) is 4.90 Å². The second-order valence-electron chi connectivity index (χ2n) is 3.90. The Bertz CT molecular complexity index is 143. The van der Waals surface area contributed by atoms with Crippen LogP contribution in [0.25, 0.3) is 0 Å². The first-order valence-electron chi connectivity index (χ1n) is 5.08. The average molecular weight is 169 g/mol. The van der Waals surface area contributed by atoms with Gasteiger partial charge in [0.15, 0.2) is 0 Å². The number of hydrogen-bond acceptors (Lipinski definition) is 3. The zero-order valence-electron chi connectivity index (χ0n) is 7.84. The van der Waals surface area contributed by atoms with E-state index in [0.29, 0.717) is 12.2 Å². The molecule has 2 unspecified atom stereocenters. The molecule has 12 heavy (non-hydrogen) atoms. The molecular formula is C9H19N3. The van der Waals surface area contributed by atoms with Gasteiger partial charge in [0.2, 0.25) is 0 Å². The molecule has 0 aromatic heterocycles. The Kier molecular flexibility index (Phi) is 2.63. The first-order valence-corrected chi connectivity index (χ1v) is 5.08. The summed E-state index contributed by atoms with van der Waals surface area (Å²) >= 11 is 0. The number of nitrogens with zero attached hydrogens (tertiary/aromatic N) is 1. The molecule has 70 valence electrons. The molecule has 3 nitrogen and oxygen atoms in total. The number of hydrogen-bond donors (Lipinski definition) is 2. The normalized spacial score (nSPS) is 38.8. The van der Waals surface area contributed by atoms with Crippen LogP contribution in [0.3, 0.4) is 0 Å². The molecule has 2 aliphatic heterocycles. The Morgan fingerprint density at radius 1 is 1.33 bits per heavy atom. The van der Waals surface area contributed by atoms with Gasteiger partial charge >= 0.3 is 0 Å². The van der Waals surface area contributed by atoms with E-state index in [1.807, 2.05) is 0 Å². The van der Waals surface area contributed by atoms with Crippen LogP contribution in [-0.4, -0.2) is 43.3 Å². The molecule has 0 spiro atoms. The summed E-state index contributed by atoms with van der Waals surface area (Å²) in [5.74, 6) is 0. The SMILES string of the molecule is CC1CNCCN1C1CCCN1. The Balaban J connectivity index is 1.91. The highest BCUT2D eigenvalue weighted by molar-refractivity contribution is 4.83. The predicted molar refractivity (Wildman–Crippen MR) is 50.1 cm³/mol. The van der Waals surface area contributed by atoms with Crippen LogP contribution in [0.15, 0.2) is 0 Å². The molecule has 2 fully saturated rings. The molecule has 2 rings (SSSR count). The van der Waals surface area contributed by atoms with Gasteiger partial charge in [-0.15, -0.1) is 0 Å². The molecule has 0 bridgehead atoms. The Morgan fingerprint density at radius 2 is 2.25 bits per heavy atom. The van der Waals surface area contributed by atoms with Crippen molar-refractivity contribution in [3.63, 3.8) is 0 Å². The molecule has 2 atom stereocenters. The third kappa shape index (κ3) is 1.63. The average Bonchev–Trinajstić information content (AvgIpc) is 2.57. The minimum Gasteiger partial charge on any atom is -0.314 e. The lowest BCUT2D eigenvalue weighted by molar-refractivity contribution is 0.107. The van der Waals surface area contributed by atoms with Crippen LogP contribution in [-0.2, 0) is 0 Å². The predicted octanol–water partition coefficient (Wildman–Crippen LogP) is -0.0104. The summed E-state index contributed by atoms with van der Waals surface area (Å²) in [7, 11) is 0. The Labute approximate surface area is 74.5 Å². The van der Waals surface area contributed by atoms with Crippen LogP contribution in [0, 0.1) is 0 Å². The van der Waals surface area contributed by atoms with Crippen LogP contribution >= 0.6 is 0 Å². The van der Waals surface area contributed by atoms with Crippen molar-refractivity contribution in [2.45, 2.75) is 32.0 Å². The largest absolute Gasteiger partial charge is 0.314 e. The summed E-state index contributed by atoms with van der Waals surface area (Å²) in [5, 5.41) is 6.97. The van der Waals surface area contributed by atoms with Gasteiger partial charge in [-0.2, -0.15) is 0 Å². The summed E-state index contributed by atoms with van der Waals surface area (Å²) in [6.07, 6.45) is 3.35. The van der Waals surface area contributed by atoms with Crippen LogP contribution in [0.1, 0.15) is 19.8 Å². The van der Waals surface area contributed by atoms with Crippen molar-refractivity contribution in [3.05, 3.63) is 0 Å². The Morgan fingerprint density at radius 3 is 2.92 bits per heavy atom. The lowest BCUT2D eigenvalue weighted by atomic mass is 10.2. The van der Waals surface area contributed by atoms with Crippen molar-refractivity contribution in [2.75, 3.05) is 26.2 Å². The van der Waals surface area contributed by atoms with Crippen LogP contribution in [0.4, 0.5) is 0 Å². The maximum Gasteiger partial charge on any atom is 0.0600 e. The summed E-state index contributed by atoms with van der Waals surface area (Å²) in [5.41, 5.74) is 0. The summed E-state index contributed by atoms with van der Waals surface area (Å²) in [4.78, 5) is 2.60. The molecule has 2 saturated heterocycles. The lowest BCUT2D eigenvalue weighted by Crippen LogP contribution is -2.56. The van der Waals surface area contributed by atoms with E-state index in [0.717, 1.165) is 13.1 Å². The monoisotopic (exact) mass is 169 g/mol. The van der Waals surface area contributed by atoms with E-state index in [2.05, 4.69) is 22.5 Å². The Hall–Kier alpha value is -0.120. The summed E-state index contributed by atoms with van der Waals surface area (Å²) in [6, 6.07) is 0.703. The van der Waals surface area contributed by atoms with Gasteiger partial charge in [0.05, 0.1) is 6.17 Å². The molecule has 0 aromatic rings. The second-order valence-corrected chi connectivity index (χ2v) is 3.90. The third-order valence-electron chi connectivity index (χ3n) is 2.99. The second kappa shape index (κ2) is 3.73. The van der Waals surface area contributed by atoms with Gasteiger partial charge < -0.3 is 10.6 Å². The molecule has 2 aliphatic rings. The van der Waals surface area contributed by atoms with E-state index < -0.39 is 0 Å². The summed E-state index contributed by atoms with van der Waals surface area (Å²) in [6.45, 7) is 7.03. The fourth-order valence-electron chi connectivity index (χ4n) is 2.27. The van der Waals surface area contributed by atoms with Crippen LogP contribution in [0.5, 0.6) is 0 Å². The number of piperazine rings is 1. The van der Waals surface area contributed by atoms with Gasteiger partial charge in [0.25, 0.3) is 0 Å². The topological polar surface area (TPSA) is 27.3 Å². The maximum atomic E-state index is 3.55.